The van der Waals surface area contributed by atoms with Gasteiger partial charge in [-0.25, -0.2) is 0 Å². The Morgan fingerprint density at radius 2 is 2.10 bits per heavy atom. The van der Waals surface area contributed by atoms with Crippen LogP contribution in [0.5, 0.6) is 5.75 Å². The molecule has 0 bridgehead atoms. The van der Waals surface area contributed by atoms with Crippen LogP contribution in [0, 0.1) is 6.92 Å². The maximum Gasteiger partial charge on any atom is 0.191 e. The van der Waals surface area contributed by atoms with E-state index in [0.717, 1.165) is 22.5 Å². The molecule has 2 aromatic rings. The Kier molecular flexibility index (Phi) is 5.64. The van der Waals surface area contributed by atoms with Crippen molar-refractivity contribution in [3.8, 4) is 5.75 Å². The number of benzene rings is 1. The van der Waals surface area contributed by atoms with Crippen molar-refractivity contribution in [2.45, 2.75) is 25.0 Å². The molecule has 1 aromatic heterocycles. The highest BCUT2D eigenvalue weighted by Crippen LogP contribution is 2.29. The molecule has 0 radical (unpaired) electrons. The SMILES string of the molecule is CCOc1ccccc1C(CSc1nnc(C)n1C)NC. The number of para-hydroxylation sites is 1. The molecular weight excluding hydrogens is 284 g/mol. The monoisotopic (exact) mass is 306 g/mol. The highest BCUT2D eigenvalue weighted by Gasteiger charge is 2.16. The molecule has 0 aliphatic rings. The number of nitrogens with zero attached hydrogens (tertiary/aromatic N) is 3. The van der Waals surface area contributed by atoms with E-state index in [0.29, 0.717) is 6.61 Å². The van der Waals surface area contributed by atoms with Gasteiger partial charge in [0.1, 0.15) is 11.6 Å². The zero-order valence-electron chi connectivity index (χ0n) is 13.0. The molecule has 1 aromatic carbocycles. The molecule has 0 spiro atoms. The van der Waals surface area contributed by atoms with Crippen LogP contribution in [0.1, 0.15) is 24.4 Å². The quantitative estimate of drug-likeness (QED) is 0.797. The lowest BCUT2D eigenvalue weighted by Gasteiger charge is -2.19. The molecule has 1 unspecified atom stereocenters. The number of hydrogen-bond donors (Lipinski definition) is 1. The van der Waals surface area contributed by atoms with Gasteiger partial charge in [0.05, 0.1) is 6.61 Å². The van der Waals surface area contributed by atoms with E-state index in [1.54, 1.807) is 11.8 Å². The first-order chi connectivity index (χ1) is 10.2. The first-order valence-corrected chi connectivity index (χ1v) is 8.03. The summed E-state index contributed by atoms with van der Waals surface area (Å²) in [5.74, 6) is 2.73. The maximum absolute atomic E-state index is 5.72. The molecule has 0 aliphatic carbocycles. The third kappa shape index (κ3) is 3.77. The standard InChI is InChI=1S/C15H22N4OS/c1-5-20-14-9-7-6-8-12(14)13(16-3)10-21-15-18-17-11(2)19(15)4/h6-9,13,16H,5,10H2,1-4H3. The Morgan fingerprint density at radius 3 is 2.71 bits per heavy atom. The van der Waals surface area contributed by atoms with E-state index in [2.05, 4.69) is 21.6 Å². The van der Waals surface area contributed by atoms with Crippen LogP contribution in [0.15, 0.2) is 29.4 Å². The average molecular weight is 306 g/mol. The molecule has 0 saturated heterocycles. The maximum atomic E-state index is 5.72. The zero-order valence-corrected chi connectivity index (χ0v) is 13.8. The predicted octanol–water partition coefficient (Wildman–Crippen LogP) is 2.58. The number of nitrogens with one attached hydrogen (secondary N) is 1. The van der Waals surface area contributed by atoms with Gasteiger partial charge in [-0.3, -0.25) is 0 Å². The molecule has 0 fully saturated rings. The van der Waals surface area contributed by atoms with Crippen molar-refractivity contribution in [2.75, 3.05) is 19.4 Å². The Hall–Kier alpha value is -1.53. The minimum Gasteiger partial charge on any atom is -0.494 e. The van der Waals surface area contributed by atoms with Crippen molar-refractivity contribution in [3.63, 3.8) is 0 Å². The molecule has 0 aliphatic heterocycles. The summed E-state index contributed by atoms with van der Waals surface area (Å²) < 4.78 is 7.72. The third-order valence-electron chi connectivity index (χ3n) is 3.37. The van der Waals surface area contributed by atoms with Gasteiger partial charge in [0, 0.05) is 24.4 Å². The number of thioether (sulfide) groups is 1. The van der Waals surface area contributed by atoms with Crippen molar-refractivity contribution in [2.24, 2.45) is 7.05 Å². The van der Waals surface area contributed by atoms with Crippen LogP contribution in [0.3, 0.4) is 0 Å². The van der Waals surface area contributed by atoms with Crippen LogP contribution < -0.4 is 10.1 Å². The molecule has 5 nitrogen and oxygen atoms in total. The van der Waals surface area contributed by atoms with Crippen molar-refractivity contribution in [1.29, 1.82) is 0 Å². The van der Waals surface area contributed by atoms with Crippen LogP contribution >= 0.6 is 11.8 Å². The van der Waals surface area contributed by atoms with Gasteiger partial charge < -0.3 is 14.6 Å². The van der Waals surface area contributed by atoms with Crippen molar-refractivity contribution >= 4 is 11.8 Å². The summed E-state index contributed by atoms with van der Waals surface area (Å²) >= 11 is 1.69. The second-order valence-corrected chi connectivity index (χ2v) is 5.70. The molecule has 1 heterocycles. The van der Waals surface area contributed by atoms with Gasteiger partial charge in [0.25, 0.3) is 0 Å². The van der Waals surface area contributed by atoms with Crippen molar-refractivity contribution < 1.29 is 4.74 Å². The minimum atomic E-state index is 0.203. The fourth-order valence-corrected chi connectivity index (χ4v) is 3.14. The average Bonchev–Trinajstić information content (AvgIpc) is 2.81. The fraction of sp³-hybridized carbons (Fsp3) is 0.467. The van der Waals surface area contributed by atoms with E-state index in [4.69, 9.17) is 4.74 Å². The van der Waals surface area contributed by atoms with Crippen LogP contribution in [0.25, 0.3) is 0 Å². The molecule has 0 amide bonds. The van der Waals surface area contributed by atoms with Gasteiger partial charge in [-0.05, 0) is 27.0 Å². The van der Waals surface area contributed by atoms with Gasteiger partial charge in [-0.15, -0.1) is 10.2 Å². The van der Waals surface area contributed by atoms with E-state index in [9.17, 15) is 0 Å². The van der Waals surface area contributed by atoms with Crippen molar-refractivity contribution in [3.05, 3.63) is 35.7 Å². The number of rotatable bonds is 7. The van der Waals surface area contributed by atoms with Crippen molar-refractivity contribution in [1.82, 2.24) is 20.1 Å². The fourth-order valence-electron chi connectivity index (χ4n) is 2.06. The molecule has 2 rings (SSSR count). The predicted molar refractivity (Wildman–Crippen MR) is 85.9 cm³/mol. The lowest BCUT2D eigenvalue weighted by Crippen LogP contribution is -2.20. The topological polar surface area (TPSA) is 52.0 Å². The van der Waals surface area contributed by atoms with Crippen LogP contribution in [0.2, 0.25) is 0 Å². The highest BCUT2D eigenvalue weighted by molar-refractivity contribution is 7.99. The summed E-state index contributed by atoms with van der Waals surface area (Å²) in [7, 11) is 3.95. The Bertz CT molecular complexity index is 585. The third-order valence-corrected chi connectivity index (χ3v) is 4.49. The normalized spacial score (nSPS) is 12.4. The van der Waals surface area contributed by atoms with Crippen LogP contribution in [-0.2, 0) is 7.05 Å². The number of aromatic nitrogens is 3. The summed E-state index contributed by atoms with van der Waals surface area (Å²) in [6.07, 6.45) is 0. The van der Waals surface area contributed by atoms with E-state index < -0.39 is 0 Å². The number of aryl methyl sites for hydroxylation is 1. The second kappa shape index (κ2) is 7.47. The Morgan fingerprint density at radius 1 is 1.33 bits per heavy atom. The van der Waals surface area contributed by atoms with Gasteiger partial charge in [-0.1, -0.05) is 30.0 Å². The number of hydrogen-bond acceptors (Lipinski definition) is 5. The molecule has 1 N–H and O–H groups in total. The van der Waals surface area contributed by atoms with Crippen LogP contribution in [0.4, 0.5) is 0 Å². The van der Waals surface area contributed by atoms with Gasteiger partial charge in [0.2, 0.25) is 0 Å². The summed E-state index contributed by atoms with van der Waals surface area (Å²) in [4.78, 5) is 0. The highest BCUT2D eigenvalue weighted by atomic mass is 32.2. The number of ether oxygens (including phenoxy) is 1. The lowest BCUT2D eigenvalue weighted by atomic mass is 10.1. The van der Waals surface area contributed by atoms with E-state index in [1.165, 1.54) is 5.56 Å². The minimum absolute atomic E-state index is 0.203. The largest absolute Gasteiger partial charge is 0.494 e. The smallest absolute Gasteiger partial charge is 0.191 e. The molecule has 21 heavy (non-hydrogen) atoms. The Balaban J connectivity index is 2.11. The lowest BCUT2D eigenvalue weighted by molar-refractivity contribution is 0.333. The second-order valence-electron chi connectivity index (χ2n) is 4.71. The molecular formula is C15H22N4OS. The first kappa shape index (κ1) is 15.9. The summed E-state index contributed by atoms with van der Waals surface area (Å²) in [5, 5.41) is 12.6. The summed E-state index contributed by atoms with van der Waals surface area (Å²) in [5.41, 5.74) is 1.17. The molecule has 0 saturated carbocycles. The van der Waals surface area contributed by atoms with E-state index >= 15 is 0 Å². The van der Waals surface area contributed by atoms with E-state index in [1.807, 2.05) is 50.7 Å². The molecule has 6 heteroatoms. The zero-order chi connectivity index (χ0) is 15.2. The summed E-state index contributed by atoms with van der Waals surface area (Å²) in [6.45, 7) is 4.63. The summed E-state index contributed by atoms with van der Waals surface area (Å²) in [6, 6.07) is 8.36. The van der Waals surface area contributed by atoms with Gasteiger partial charge in [0.15, 0.2) is 5.16 Å². The van der Waals surface area contributed by atoms with Gasteiger partial charge in [-0.2, -0.15) is 0 Å². The molecule has 114 valence electrons. The Labute approximate surface area is 130 Å². The van der Waals surface area contributed by atoms with Crippen LogP contribution in [-0.4, -0.2) is 34.2 Å². The first-order valence-electron chi connectivity index (χ1n) is 7.05. The van der Waals surface area contributed by atoms with Gasteiger partial charge >= 0.3 is 0 Å². The van der Waals surface area contributed by atoms with E-state index in [-0.39, 0.29) is 6.04 Å². The molecule has 1 atom stereocenters.